The predicted octanol–water partition coefficient (Wildman–Crippen LogP) is 2.33. The van der Waals surface area contributed by atoms with Crippen molar-refractivity contribution in [2.45, 2.75) is 13.1 Å². The molecule has 0 amide bonds. The second kappa shape index (κ2) is 5.12. The summed E-state index contributed by atoms with van der Waals surface area (Å²) in [5.74, 6) is -0.331. The Morgan fingerprint density at radius 3 is 2.50 bits per heavy atom. The molecule has 0 aliphatic carbocycles. The molecule has 0 atom stereocenters. The van der Waals surface area contributed by atoms with Crippen molar-refractivity contribution in [1.29, 1.82) is 0 Å². The lowest BCUT2D eigenvalue weighted by molar-refractivity contribution is -0.124. The maximum Gasteiger partial charge on any atom is 0.401 e. The molecule has 0 aliphatic rings. The average molecular weight is 231 g/mol. The third-order valence-corrected chi connectivity index (χ3v) is 2.06. The van der Waals surface area contributed by atoms with Crippen LogP contribution in [0.25, 0.3) is 0 Å². The van der Waals surface area contributed by atoms with Crippen LogP contribution in [0.1, 0.15) is 15.9 Å². The standard InChI is InChI=1S/C11H12F3NO/c1-8-4-2-3-5-9(8)10(16)6-15-7-11(12,13)14/h2-5,15H,6-7H2,1H3. The van der Waals surface area contributed by atoms with Crippen LogP contribution in [0.5, 0.6) is 0 Å². The first-order valence-electron chi connectivity index (χ1n) is 4.76. The summed E-state index contributed by atoms with van der Waals surface area (Å²) in [4.78, 5) is 11.5. The highest BCUT2D eigenvalue weighted by Crippen LogP contribution is 2.12. The highest BCUT2D eigenvalue weighted by Gasteiger charge is 2.26. The molecular formula is C11H12F3NO. The molecule has 1 rings (SSSR count). The van der Waals surface area contributed by atoms with E-state index in [1.807, 2.05) is 0 Å². The van der Waals surface area contributed by atoms with E-state index in [0.717, 1.165) is 5.56 Å². The maximum absolute atomic E-state index is 11.8. The number of hydrogen-bond acceptors (Lipinski definition) is 2. The van der Waals surface area contributed by atoms with Crippen LogP contribution in [0, 0.1) is 6.92 Å². The SMILES string of the molecule is Cc1ccccc1C(=O)CNCC(F)(F)F. The minimum Gasteiger partial charge on any atom is -0.302 e. The van der Waals surface area contributed by atoms with E-state index in [0.29, 0.717) is 5.56 Å². The lowest BCUT2D eigenvalue weighted by Crippen LogP contribution is -2.32. The van der Waals surface area contributed by atoms with Gasteiger partial charge < -0.3 is 5.32 Å². The summed E-state index contributed by atoms with van der Waals surface area (Å²) >= 11 is 0. The fourth-order valence-electron chi connectivity index (χ4n) is 1.30. The van der Waals surface area contributed by atoms with E-state index in [2.05, 4.69) is 5.32 Å². The Morgan fingerprint density at radius 2 is 1.94 bits per heavy atom. The normalized spacial score (nSPS) is 11.5. The minimum absolute atomic E-state index is 0.301. The van der Waals surface area contributed by atoms with Crippen LogP contribution in [0.2, 0.25) is 0 Å². The minimum atomic E-state index is -4.29. The Morgan fingerprint density at radius 1 is 1.31 bits per heavy atom. The number of ketones is 1. The second-order valence-corrected chi connectivity index (χ2v) is 3.46. The van der Waals surface area contributed by atoms with Crippen molar-refractivity contribution in [3.8, 4) is 0 Å². The third kappa shape index (κ3) is 4.02. The topological polar surface area (TPSA) is 29.1 Å². The van der Waals surface area contributed by atoms with Crippen LogP contribution in [0.4, 0.5) is 13.2 Å². The van der Waals surface area contributed by atoms with Gasteiger partial charge >= 0.3 is 6.18 Å². The van der Waals surface area contributed by atoms with E-state index in [1.165, 1.54) is 0 Å². The Kier molecular flexibility index (Phi) is 4.06. The van der Waals surface area contributed by atoms with Gasteiger partial charge in [0.25, 0.3) is 0 Å². The molecule has 1 aromatic carbocycles. The number of alkyl halides is 3. The molecule has 0 bridgehead atoms. The molecule has 0 aliphatic heterocycles. The number of rotatable bonds is 4. The number of aryl methyl sites for hydroxylation is 1. The van der Waals surface area contributed by atoms with Crippen molar-refractivity contribution in [3.63, 3.8) is 0 Å². The molecule has 0 saturated carbocycles. The average Bonchev–Trinajstić information content (AvgIpc) is 2.16. The van der Waals surface area contributed by atoms with Gasteiger partial charge in [0.2, 0.25) is 0 Å². The summed E-state index contributed by atoms with van der Waals surface area (Å²) in [7, 11) is 0. The quantitative estimate of drug-likeness (QED) is 0.806. The first-order chi connectivity index (χ1) is 7.40. The third-order valence-electron chi connectivity index (χ3n) is 2.06. The number of carbonyl (C=O) groups excluding carboxylic acids is 1. The zero-order valence-corrected chi connectivity index (χ0v) is 8.77. The van der Waals surface area contributed by atoms with E-state index in [-0.39, 0.29) is 12.3 Å². The van der Waals surface area contributed by atoms with Gasteiger partial charge in [-0.2, -0.15) is 13.2 Å². The van der Waals surface area contributed by atoms with Crippen LogP contribution in [-0.2, 0) is 0 Å². The maximum atomic E-state index is 11.8. The molecule has 88 valence electrons. The number of nitrogens with one attached hydrogen (secondary N) is 1. The number of Topliss-reactive ketones (excluding diaryl/α,β-unsaturated/α-hetero) is 1. The van der Waals surface area contributed by atoms with Gasteiger partial charge in [-0.15, -0.1) is 0 Å². The molecule has 0 radical (unpaired) electrons. The summed E-state index contributed by atoms with van der Waals surface area (Å²) in [5.41, 5.74) is 1.22. The molecule has 0 heterocycles. The molecule has 0 unspecified atom stereocenters. The summed E-state index contributed by atoms with van der Waals surface area (Å²) in [6.07, 6.45) is -4.29. The lowest BCUT2D eigenvalue weighted by atomic mass is 10.1. The van der Waals surface area contributed by atoms with E-state index in [1.54, 1.807) is 31.2 Å². The molecule has 0 saturated heterocycles. The lowest BCUT2D eigenvalue weighted by Gasteiger charge is -2.08. The first kappa shape index (κ1) is 12.7. The van der Waals surface area contributed by atoms with Crippen molar-refractivity contribution in [2.75, 3.05) is 13.1 Å². The molecule has 16 heavy (non-hydrogen) atoms. The number of hydrogen-bond donors (Lipinski definition) is 1. The van der Waals surface area contributed by atoms with Crippen molar-refractivity contribution in [1.82, 2.24) is 5.32 Å². The van der Waals surface area contributed by atoms with E-state index >= 15 is 0 Å². The number of carbonyl (C=O) groups is 1. The Balaban J connectivity index is 2.51. The Bertz CT molecular complexity index is 374. The van der Waals surface area contributed by atoms with E-state index in [9.17, 15) is 18.0 Å². The second-order valence-electron chi connectivity index (χ2n) is 3.46. The first-order valence-corrected chi connectivity index (χ1v) is 4.76. The highest BCUT2D eigenvalue weighted by molar-refractivity contribution is 5.98. The van der Waals surface area contributed by atoms with Crippen molar-refractivity contribution < 1.29 is 18.0 Å². The van der Waals surface area contributed by atoms with Gasteiger partial charge in [0.05, 0.1) is 13.1 Å². The van der Waals surface area contributed by atoms with E-state index < -0.39 is 12.7 Å². The van der Waals surface area contributed by atoms with E-state index in [4.69, 9.17) is 0 Å². The smallest absolute Gasteiger partial charge is 0.302 e. The summed E-state index contributed by atoms with van der Waals surface area (Å²) in [6.45, 7) is 0.298. The van der Waals surface area contributed by atoms with Gasteiger partial charge in [0.15, 0.2) is 5.78 Å². The Hall–Kier alpha value is -1.36. The monoisotopic (exact) mass is 231 g/mol. The van der Waals surface area contributed by atoms with Gasteiger partial charge in [-0.05, 0) is 12.5 Å². The van der Waals surface area contributed by atoms with Gasteiger partial charge in [-0.25, -0.2) is 0 Å². The largest absolute Gasteiger partial charge is 0.401 e. The zero-order valence-electron chi connectivity index (χ0n) is 8.77. The molecule has 0 spiro atoms. The predicted molar refractivity (Wildman–Crippen MR) is 54.4 cm³/mol. The number of benzene rings is 1. The van der Waals surface area contributed by atoms with Crippen LogP contribution in [-0.4, -0.2) is 25.0 Å². The van der Waals surface area contributed by atoms with Gasteiger partial charge in [-0.1, -0.05) is 24.3 Å². The van der Waals surface area contributed by atoms with Crippen LogP contribution < -0.4 is 5.32 Å². The van der Waals surface area contributed by atoms with Crippen molar-refractivity contribution >= 4 is 5.78 Å². The number of halogens is 3. The van der Waals surface area contributed by atoms with Crippen molar-refractivity contribution in [2.24, 2.45) is 0 Å². The highest BCUT2D eigenvalue weighted by atomic mass is 19.4. The zero-order chi connectivity index (χ0) is 12.2. The molecule has 1 aromatic rings. The van der Waals surface area contributed by atoms with Crippen LogP contribution >= 0.6 is 0 Å². The fraction of sp³-hybridized carbons (Fsp3) is 0.364. The molecule has 0 aromatic heterocycles. The molecular weight excluding hydrogens is 219 g/mol. The van der Waals surface area contributed by atoms with Crippen molar-refractivity contribution in [3.05, 3.63) is 35.4 Å². The summed E-state index contributed by atoms with van der Waals surface area (Å²) in [6, 6.07) is 6.81. The molecule has 5 heteroatoms. The molecule has 0 fully saturated rings. The summed E-state index contributed by atoms with van der Waals surface area (Å²) < 4.78 is 35.4. The fourth-order valence-corrected chi connectivity index (χ4v) is 1.30. The summed E-state index contributed by atoms with van der Waals surface area (Å²) in [5, 5.41) is 2.08. The molecule has 2 nitrogen and oxygen atoms in total. The Labute approximate surface area is 91.5 Å². The van der Waals surface area contributed by atoms with Gasteiger partial charge in [-0.3, -0.25) is 4.79 Å². The van der Waals surface area contributed by atoms with Gasteiger partial charge in [0.1, 0.15) is 0 Å². The van der Waals surface area contributed by atoms with Gasteiger partial charge in [0, 0.05) is 5.56 Å². The van der Waals surface area contributed by atoms with Crippen LogP contribution in [0.3, 0.4) is 0 Å². The van der Waals surface area contributed by atoms with Crippen LogP contribution in [0.15, 0.2) is 24.3 Å². The molecule has 1 N–H and O–H groups in total.